The molecule has 2 heteroatoms. The molecule has 2 nitrogen and oxygen atoms in total. The molecule has 0 spiro atoms. The largest absolute Gasteiger partial charge is 0.316 e. The van der Waals surface area contributed by atoms with E-state index in [1.807, 2.05) is 0 Å². The van der Waals surface area contributed by atoms with Crippen molar-refractivity contribution < 1.29 is 0 Å². The molecule has 0 saturated carbocycles. The number of nitrogens with one attached hydrogen (secondary N) is 1. The lowest BCUT2D eigenvalue weighted by Gasteiger charge is -2.40. The molecule has 1 N–H and O–H groups in total. The van der Waals surface area contributed by atoms with Gasteiger partial charge in [0.25, 0.3) is 0 Å². The fraction of sp³-hybridized carbons (Fsp3) is 1.00. The second-order valence-electron chi connectivity index (χ2n) is 7.07. The van der Waals surface area contributed by atoms with Crippen LogP contribution in [0.3, 0.4) is 0 Å². The van der Waals surface area contributed by atoms with Crippen LogP contribution < -0.4 is 5.32 Å². The summed E-state index contributed by atoms with van der Waals surface area (Å²) in [5.74, 6) is 0. The van der Waals surface area contributed by atoms with E-state index in [4.69, 9.17) is 0 Å². The van der Waals surface area contributed by atoms with Crippen LogP contribution in [0.15, 0.2) is 0 Å². The minimum Gasteiger partial charge on any atom is -0.316 e. The van der Waals surface area contributed by atoms with Crippen LogP contribution in [0.25, 0.3) is 0 Å². The minimum absolute atomic E-state index is 0.416. The smallest absolute Gasteiger partial charge is 0.0153 e. The van der Waals surface area contributed by atoms with Crippen molar-refractivity contribution in [3.8, 4) is 0 Å². The molecule has 1 atom stereocenters. The second kappa shape index (κ2) is 6.91. The van der Waals surface area contributed by atoms with Crippen molar-refractivity contribution in [2.75, 3.05) is 26.2 Å². The van der Waals surface area contributed by atoms with Crippen molar-refractivity contribution in [2.24, 2.45) is 5.41 Å². The SMILES string of the molecule is CCCNCC(C)(CCC)CN1CCCC1(C)C. The lowest BCUT2D eigenvalue weighted by molar-refractivity contribution is 0.0968. The van der Waals surface area contributed by atoms with Gasteiger partial charge in [-0.2, -0.15) is 0 Å². The average molecular weight is 254 g/mol. The lowest BCUT2D eigenvalue weighted by atomic mass is 9.83. The summed E-state index contributed by atoms with van der Waals surface area (Å²) in [6, 6.07) is 0. The van der Waals surface area contributed by atoms with E-state index in [0.717, 1.165) is 6.54 Å². The van der Waals surface area contributed by atoms with Crippen LogP contribution in [-0.4, -0.2) is 36.6 Å². The predicted octanol–water partition coefficient (Wildman–Crippen LogP) is 3.67. The molecule has 18 heavy (non-hydrogen) atoms. The van der Waals surface area contributed by atoms with E-state index in [0.29, 0.717) is 11.0 Å². The van der Waals surface area contributed by atoms with Gasteiger partial charge in [-0.3, -0.25) is 4.90 Å². The van der Waals surface area contributed by atoms with Gasteiger partial charge in [-0.05, 0) is 58.0 Å². The van der Waals surface area contributed by atoms with Gasteiger partial charge < -0.3 is 5.32 Å². The highest BCUT2D eigenvalue weighted by Gasteiger charge is 2.36. The van der Waals surface area contributed by atoms with E-state index in [9.17, 15) is 0 Å². The molecular formula is C16H34N2. The van der Waals surface area contributed by atoms with Gasteiger partial charge >= 0.3 is 0 Å². The van der Waals surface area contributed by atoms with Gasteiger partial charge in [0.15, 0.2) is 0 Å². The first-order valence-electron chi connectivity index (χ1n) is 7.89. The molecule has 1 fully saturated rings. The minimum atomic E-state index is 0.416. The van der Waals surface area contributed by atoms with Crippen molar-refractivity contribution in [3.63, 3.8) is 0 Å². The second-order valence-corrected chi connectivity index (χ2v) is 7.07. The van der Waals surface area contributed by atoms with Crippen LogP contribution >= 0.6 is 0 Å². The Morgan fingerprint density at radius 1 is 1.22 bits per heavy atom. The number of rotatable bonds is 8. The topological polar surface area (TPSA) is 15.3 Å². The maximum absolute atomic E-state index is 3.64. The van der Waals surface area contributed by atoms with Gasteiger partial charge in [-0.25, -0.2) is 0 Å². The first kappa shape index (κ1) is 16.0. The Morgan fingerprint density at radius 3 is 2.44 bits per heavy atom. The van der Waals surface area contributed by atoms with Crippen LogP contribution in [-0.2, 0) is 0 Å². The van der Waals surface area contributed by atoms with Gasteiger partial charge in [0.2, 0.25) is 0 Å². The summed E-state index contributed by atoms with van der Waals surface area (Å²) in [6.07, 6.45) is 6.58. The highest BCUT2D eigenvalue weighted by atomic mass is 15.2. The quantitative estimate of drug-likeness (QED) is 0.665. The first-order chi connectivity index (χ1) is 8.43. The van der Waals surface area contributed by atoms with E-state index >= 15 is 0 Å². The standard InChI is InChI=1S/C16H34N2/c1-6-9-16(5,13-17-11-7-2)14-18-12-8-10-15(18,3)4/h17H,6-14H2,1-5H3. The van der Waals surface area contributed by atoms with Crippen LogP contribution in [0.4, 0.5) is 0 Å². The first-order valence-corrected chi connectivity index (χ1v) is 7.89. The molecule has 1 aliphatic heterocycles. The molecule has 1 saturated heterocycles. The summed E-state index contributed by atoms with van der Waals surface area (Å²) in [4.78, 5) is 2.72. The van der Waals surface area contributed by atoms with Crippen molar-refractivity contribution >= 4 is 0 Å². The fourth-order valence-electron chi connectivity index (χ4n) is 3.31. The summed E-state index contributed by atoms with van der Waals surface area (Å²) in [5.41, 5.74) is 0.852. The third-order valence-corrected chi connectivity index (χ3v) is 4.48. The number of nitrogens with zero attached hydrogens (tertiary/aromatic N) is 1. The van der Waals surface area contributed by atoms with Gasteiger partial charge in [0, 0.05) is 18.6 Å². The van der Waals surface area contributed by atoms with Crippen molar-refractivity contribution in [3.05, 3.63) is 0 Å². The Bertz CT molecular complexity index is 237. The zero-order valence-corrected chi connectivity index (χ0v) is 13.3. The molecule has 1 rings (SSSR count). The van der Waals surface area contributed by atoms with Crippen molar-refractivity contribution in [2.45, 2.75) is 72.3 Å². The lowest BCUT2D eigenvalue weighted by Crippen LogP contribution is -2.47. The number of hydrogen-bond acceptors (Lipinski definition) is 2. The average Bonchev–Trinajstić information content (AvgIpc) is 2.59. The third kappa shape index (κ3) is 4.55. The zero-order chi connectivity index (χ0) is 13.6. The van der Waals surface area contributed by atoms with E-state index in [2.05, 4.69) is 44.8 Å². The van der Waals surface area contributed by atoms with E-state index < -0.39 is 0 Å². The van der Waals surface area contributed by atoms with E-state index in [1.54, 1.807) is 0 Å². The highest BCUT2D eigenvalue weighted by Crippen LogP contribution is 2.33. The molecule has 0 aromatic carbocycles. The zero-order valence-electron chi connectivity index (χ0n) is 13.3. The molecule has 1 heterocycles. The van der Waals surface area contributed by atoms with E-state index in [1.165, 1.54) is 51.7 Å². The summed E-state index contributed by atoms with van der Waals surface area (Å²) < 4.78 is 0. The monoisotopic (exact) mass is 254 g/mol. The summed E-state index contributed by atoms with van der Waals surface area (Å²) >= 11 is 0. The molecule has 0 aromatic heterocycles. The Morgan fingerprint density at radius 2 is 1.94 bits per heavy atom. The maximum atomic E-state index is 3.64. The molecule has 1 unspecified atom stereocenters. The predicted molar refractivity (Wildman–Crippen MR) is 81.1 cm³/mol. The molecule has 0 amide bonds. The van der Waals surface area contributed by atoms with Gasteiger partial charge in [0.1, 0.15) is 0 Å². The molecule has 1 aliphatic rings. The van der Waals surface area contributed by atoms with Gasteiger partial charge in [-0.15, -0.1) is 0 Å². The molecule has 0 aromatic rings. The highest BCUT2D eigenvalue weighted by molar-refractivity contribution is 4.92. The van der Waals surface area contributed by atoms with Gasteiger partial charge in [-0.1, -0.05) is 27.2 Å². The van der Waals surface area contributed by atoms with Crippen LogP contribution in [0, 0.1) is 5.41 Å². The van der Waals surface area contributed by atoms with Crippen LogP contribution in [0.2, 0.25) is 0 Å². The summed E-state index contributed by atoms with van der Waals surface area (Å²) in [5, 5.41) is 3.64. The maximum Gasteiger partial charge on any atom is 0.0153 e. The molecular weight excluding hydrogens is 220 g/mol. The van der Waals surface area contributed by atoms with Crippen molar-refractivity contribution in [1.29, 1.82) is 0 Å². The fourth-order valence-corrected chi connectivity index (χ4v) is 3.31. The summed E-state index contributed by atoms with van der Waals surface area (Å²) in [6.45, 7) is 16.7. The molecule has 0 bridgehead atoms. The van der Waals surface area contributed by atoms with Crippen LogP contribution in [0.5, 0.6) is 0 Å². The molecule has 0 radical (unpaired) electrons. The Balaban J connectivity index is 2.55. The third-order valence-electron chi connectivity index (χ3n) is 4.48. The summed E-state index contributed by atoms with van der Waals surface area (Å²) in [7, 11) is 0. The van der Waals surface area contributed by atoms with E-state index in [-0.39, 0.29) is 0 Å². The number of likely N-dealkylation sites (tertiary alicyclic amines) is 1. The molecule has 0 aliphatic carbocycles. The molecule has 108 valence electrons. The van der Waals surface area contributed by atoms with Crippen LogP contribution in [0.1, 0.15) is 66.7 Å². The Hall–Kier alpha value is -0.0800. The van der Waals surface area contributed by atoms with Crippen molar-refractivity contribution in [1.82, 2.24) is 10.2 Å². The normalized spacial score (nSPS) is 23.2. The van der Waals surface area contributed by atoms with Gasteiger partial charge in [0.05, 0.1) is 0 Å². The number of hydrogen-bond donors (Lipinski definition) is 1. The Kier molecular flexibility index (Phi) is 6.13. The Labute approximate surface area is 115 Å².